The molecule has 0 saturated carbocycles. The molecule has 0 bridgehead atoms. The van der Waals surface area contributed by atoms with Crippen LogP contribution in [0.15, 0.2) is 0 Å². The molecule has 0 unspecified atom stereocenters. The molecule has 0 aromatic heterocycles. The first-order chi connectivity index (χ1) is 36.8. The third-order valence-electron chi connectivity index (χ3n) is 16.8. The first-order valence-electron chi connectivity index (χ1n) is 33.7. The van der Waals surface area contributed by atoms with E-state index >= 15 is 0 Å². The van der Waals surface area contributed by atoms with Crippen molar-refractivity contribution < 1.29 is 29.7 Å². The molecule has 3 N–H and O–H groups in total. The van der Waals surface area contributed by atoms with Crippen molar-refractivity contribution in [1.82, 2.24) is 0 Å². The van der Waals surface area contributed by atoms with E-state index in [9.17, 15) is 29.7 Å². The van der Waals surface area contributed by atoms with Crippen molar-refractivity contribution in [1.29, 1.82) is 0 Å². The van der Waals surface area contributed by atoms with Gasteiger partial charge in [-0.1, -0.05) is 348 Å². The highest BCUT2D eigenvalue weighted by Gasteiger charge is 2.32. The molecule has 1 rings (SSSR count). The molecule has 6 heteroatoms. The second-order valence-corrected chi connectivity index (χ2v) is 23.8. The van der Waals surface area contributed by atoms with Crippen molar-refractivity contribution in [3.8, 4) is 0 Å². The quantitative estimate of drug-likeness (QED) is 0.0561. The summed E-state index contributed by atoms with van der Waals surface area (Å²) in [6.07, 6.45) is 69.4. The molecule has 6 nitrogen and oxygen atoms in total. The molecule has 0 heterocycles. The molecule has 438 valence electrons. The van der Waals surface area contributed by atoms with Crippen molar-refractivity contribution in [2.24, 2.45) is 0 Å². The number of unbranched alkanes of at least 4 members (excludes halogenated alkanes) is 51. The molecule has 1 aromatic carbocycles. The van der Waals surface area contributed by atoms with E-state index in [0.29, 0.717) is 30.4 Å². The van der Waals surface area contributed by atoms with Gasteiger partial charge in [0.15, 0.2) is 0 Å². The lowest BCUT2D eigenvalue weighted by atomic mass is 9.80. The maximum absolute atomic E-state index is 13.3. The molecule has 0 aliphatic rings. The summed E-state index contributed by atoms with van der Waals surface area (Å²) >= 11 is 0. The van der Waals surface area contributed by atoms with E-state index in [1.807, 2.05) is 0 Å². The second-order valence-electron chi connectivity index (χ2n) is 23.8. The minimum Gasteiger partial charge on any atom is -0.478 e. The van der Waals surface area contributed by atoms with E-state index in [0.717, 1.165) is 64.2 Å². The Balaban J connectivity index is 2.77. The summed E-state index contributed by atoms with van der Waals surface area (Å²) in [5.41, 5.74) is 0.991. The molecule has 0 radical (unpaired) electrons. The number of carbonyl (C=O) groups is 3. The SMILES string of the molecule is CCCCCCCCCCCCCCCCCCCCc1c(CCCCCCCCCCCCCCCCCCCC)c(C(=O)O)c(C(=O)O)c(CCCCCCCCCCCCCCCCCCCC)c1C(=O)O. The van der Waals surface area contributed by atoms with E-state index in [1.54, 1.807) is 0 Å². The fraction of sp³-hybridized carbons (Fsp3) is 0.870. The molecule has 1 aromatic rings. The topological polar surface area (TPSA) is 112 Å². The van der Waals surface area contributed by atoms with Crippen LogP contribution in [0.2, 0.25) is 0 Å². The highest BCUT2D eigenvalue weighted by molar-refractivity contribution is 6.07. The van der Waals surface area contributed by atoms with E-state index in [2.05, 4.69) is 20.8 Å². The van der Waals surface area contributed by atoms with Gasteiger partial charge in [-0.05, 0) is 55.2 Å². The van der Waals surface area contributed by atoms with Crippen molar-refractivity contribution >= 4 is 17.9 Å². The van der Waals surface area contributed by atoms with Gasteiger partial charge in [-0.3, -0.25) is 0 Å². The fourth-order valence-corrected chi connectivity index (χ4v) is 12.1. The predicted octanol–water partition coefficient (Wildman–Crippen LogP) is 23.5. The first kappa shape index (κ1) is 70.6. The zero-order valence-electron chi connectivity index (χ0n) is 50.4. The van der Waals surface area contributed by atoms with Crippen LogP contribution >= 0.6 is 0 Å². The molecular weight excluding hydrogens is 925 g/mol. The summed E-state index contributed by atoms with van der Waals surface area (Å²) in [5, 5.41) is 32.3. The predicted molar refractivity (Wildman–Crippen MR) is 325 cm³/mol. The third kappa shape index (κ3) is 39.6. The van der Waals surface area contributed by atoms with Crippen molar-refractivity contribution in [3.05, 3.63) is 33.4 Å². The normalized spacial score (nSPS) is 11.6. The smallest absolute Gasteiger partial charge is 0.336 e. The number of carboxylic acids is 3. The second kappa shape index (κ2) is 53.6. The van der Waals surface area contributed by atoms with Gasteiger partial charge in [-0.2, -0.15) is 0 Å². The minimum absolute atomic E-state index is 0.0914. The molecule has 0 aliphatic heterocycles. The fourth-order valence-electron chi connectivity index (χ4n) is 12.1. The molecular formula is C69H126O6. The van der Waals surface area contributed by atoms with Gasteiger partial charge in [-0.25, -0.2) is 14.4 Å². The highest BCUT2D eigenvalue weighted by atomic mass is 16.4. The summed E-state index contributed by atoms with van der Waals surface area (Å²) in [6.45, 7) is 6.84. The summed E-state index contributed by atoms with van der Waals surface area (Å²) < 4.78 is 0. The van der Waals surface area contributed by atoms with Gasteiger partial charge in [0.25, 0.3) is 0 Å². The average molecular weight is 1050 g/mol. The van der Waals surface area contributed by atoms with Crippen LogP contribution in [0.1, 0.15) is 415 Å². The Morgan fingerprint density at radius 3 is 0.507 bits per heavy atom. The zero-order valence-corrected chi connectivity index (χ0v) is 50.4. The lowest BCUT2D eigenvalue weighted by Crippen LogP contribution is -2.22. The number of rotatable bonds is 60. The van der Waals surface area contributed by atoms with Gasteiger partial charge in [-0.15, -0.1) is 0 Å². The Morgan fingerprint density at radius 1 is 0.200 bits per heavy atom. The molecule has 0 amide bonds. The maximum Gasteiger partial charge on any atom is 0.336 e. The first-order valence-corrected chi connectivity index (χ1v) is 33.7. The van der Waals surface area contributed by atoms with Crippen LogP contribution < -0.4 is 0 Å². The van der Waals surface area contributed by atoms with E-state index in [1.165, 1.54) is 276 Å². The zero-order chi connectivity index (χ0) is 54.5. The molecule has 75 heavy (non-hydrogen) atoms. The van der Waals surface area contributed by atoms with E-state index < -0.39 is 17.9 Å². The van der Waals surface area contributed by atoms with Gasteiger partial charge in [0.1, 0.15) is 0 Å². The lowest BCUT2D eigenvalue weighted by molar-refractivity contribution is 0.0646. The molecule has 0 spiro atoms. The van der Waals surface area contributed by atoms with Crippen LogP contribution in [0.25, 0.3) is 0 Å². The number of aromatic carboxylic acids is 3. The monoisotopic (exact) mass is 1050 g/mol. The van der Waals surface area contributed by atoms with Gasteiger partial charge in [0, 0.05) is 0 Å². The summed E-state index contributed by atoms with van der Waals surface area (Å²) in [4.78, 5) is 39.6. The Hall–Kier alpha value is -2.37. The van der Waals surface area contributed by atoms with Crippen molar-refractivity contribution in [3.63, 3.8) is 0 Å². The number of hydrogen-bond donors (Lipinski definition) is 3. The van der Waals surface area contributed by atoms with Gasteiger partial charge in [0.2, 0.25) is 0 Å². The van der Waals surface area contributed by atoms with Crippen LogP contribution in [0.3, 0.4) is 0 Å². The van der Waals surface area contributed by atoms with Gasteiger partial charge < -0.3 is 15.3 Å². The standard InChI is InChI=1S/C69H126O6/c1-4-7-10-13-16-19-22-25-28-31-34-37-40-43-46-49-52-55-58-61-62(59-56-53-50-47-44-41-38-35-32-29-26-23-20-17-14-11-8-5-2)65(68(72)73)66(69(74)75)63(64(61)67(70)71)60-57-54-51-48-45-42-39-36-33-30-27-24-21-18-15-12-9-6-3/h4-60H2,1-3H3,(H,70,71)(H,72,73)(H,74,75). The molecule has 0 fully saturated rings. The Kier molecular flexibility index (Phi) is 50.5. The summed E-state index contributed by atoms with van der Waals surface area (Å²) in [7, 11) is 0. The lowest BCUT2D eigenvalue weighted by Gasteiger charge is -2.22. The highest BCUT2D eigenvalue weighted by Crippen LogP contribution is 2.34. The summed E-state index contributed by atoms with van der Waals surface area (Å²) in [6, 6.07) is 0. The van der Waals surface area contributed by atoms with E-state index in [4.69, 9.17) is 0 Å². The molecule has 0 saturated heterocycles. The van der Waals surface area contributed by atoms with E-state index in [-0.39, 0.29) is 28.7 Å². The van der Waals surface area contributed by atoms with Gasteiger partial charge >= 0.3 is 17.9 Å². The van der Waals surface area contributed by atoms with Crippen molar-refractivity contribution in [2.45, 2.75) is 387 Å². The Bertz CT molecular complexity index is 1470. The summed E-state index contributed by atoms with van der Waals surface area (Å²) in [5.74, 6) is -3.66. The Morgan fingerprint density at radius 2 is 0.333 bits per heavy atom. The van der Waals surface area contributed by atoms with Crippen LogP contribution in [0.4, 0.5) is 0 Å². The maximum atomic E-state index is 13.3. The van der Waals surface area contributed by atoms with Crippen LogP contribution in [0.5, 0.6) is 0 Å². The molecule has 0 aliphatic carbocycles. The van der Waals surface area contributed by atoms with Gasteiger partial charge in [0.05, 0.1) is 16.7 Å². The van der Waals surface area contributed by atoms with Crippen LogP contribution in [-0.4, -0.2) is 33.2 Å². The number of hydrogen-bond acceptors (Lipinski definition) is 3. The molecule has 0 atom stereocenters. The Labute approximate surface area is 465 Å². The minimum atomic E-state index is -1.31. The largest absolute Gasteiger partial charge is 0.478 e. The third-order valence-corrected chi connectivity index (χ3v) is 16.8. The van der Waals surface area contributed by atoms with Crippen LogP contribution in [0, 0.1) is 0 Å². The number of benzene rings is 1. The average Bonchev–Trinajstić information content (AvgIpc) is 3.39. The van der Waals surface area contributed by atoms with Crippen molar-refractivity contribution in [2.75, 3.05) is 0 Å². The number of carboxylic acid groups (broad SMARTS) is 3. The van der Waals surface area contributed by atoms with Crippen LogP contribution in [-0.2, 0) is 19.3 Å².